The van der Waals surface area contributed by atoms with Crippen molar-refractivity contribution < 1.29 is 19.1 Å². The van der Waals surface area contributed by atoms with Crippen molar-refractivity contribution in [1.29, 1.82) is 0 Å². The van der Waals surface area contributed by atoms with Gasteiger partial charge in [0.15, 0.2) is 0 Å². The second-order valence-electron chi connectivity index (χ2n) is 7.20. The minimum Gasteiger partial charge on any atom is -0.480 e. The van der Waals surface area contributed by atoms with Gasteiger partial charge in [0.25, 0.3) is 5.91 Å². The van der Waals surface area contributed by atoms with Gasteiger partial charge in [-0.05, 0) is 45.7 Å². The molecule has 0 aliphatic carbocycles. The van der Waals surface area contributed by atoms with Crippen LogP contribution < -0.4 is 4.74 Å². The van der Waals surface area contributed by atoms with E-state index in [0.717, 1.165) is 12.8 Å². The first-order valence-corrected chi connectivity index (χ1v) is 8.47. The van der Waals surface area contributed by atoms with E-state index in [-0.39, 0.29) is 18.0 Å². The Balaban J connectivity index is 2.07. The van der Waals surface area contributed by atoms with Crippen LogP contribution in [0, 0.1) is 0 Å². The van der Waals surface area contributed by atoms with Crippen molar-refractivity contribution in [2.24, 2.45) is 0 Å². The Bertz CT molecular complexity index is 627. The Kier molecular flexibility index (Phi) is 5.87. The monoisotopic (exact) mass is 349 g/mol. The van der Waals surface area contributed by atoms with E-state index in [4.69, 9.17) is 9.47 Å². The Morgan fingerprint density at radius 1 is 1.36 bits per heavy atom. The predicted octanol–water partition coefficient (Wildman–Crippen LogP) is 2.56. The summed E-state index contributed by atoms with van der Waals surface area (Å²) in [5.41, 5.74) is -0.107. The van der Waals surface area contributed by atoms with Crippen LogP contribution in [0.1, 0.15) is 44.0 Å². The Hall–Kier alpha value is -2.31. The van der Waals surface area contributed by atoms with Crippen molar-refractivity contribution in [2.45, 2.75) is 45.3 Å². The van der Waals surface area contributed by atoms with Crippen LogP contribution >= 0.6 is 0 Å². The van der Waals surface area contributed by atoms with Gasteiger partial charge in [0.2, 0.25) is 5.88 Å². The van der Waals surface area contributed by atoms with E-state index in [1.807, 2.05) is 20.8 Å². The number of hydrogen-bond donors (Lipinski definition) is 0. The van der Waals surface area contributed by atoms with Crippen molar-refractivity contribution in [3.63, 3.8) is 0 Å². The van der Waals surface area contributed by atoms with E-state index in [1.165, 1.54) is 7.11 Å². The van der Waals surface area contributed by atoms with Crippen LogP contribution in [0.4, 0.5) is 4.79 Å². The number of likely N-dealkylation sites (N-methyl/N-ethyl adjacent to an activating group) is 1. The maximum Gasteiger partial charge on any atom is 0.410 e. The van der Waals surface area contributed by atoms with Gasteiger partial charge in [-0.1, -0.05) is 0 Å². The van der Waals surface area contributed by atoms with Crippen LogP contribution in [0.25, 0.3) is 0 Å². The molecule has 2 rings (SSSR count). The molecule has 0 unspecified atom stereocenters. The van der Waals surface area contributed by atoms with Gasteiger partial charge < -0.3 is 19.3 Å². The Morgan fingerprint density at radius 3 is 2.72 bits per heavy atom. The molecule has 1 aliphatic rings. The molecular formula is C18H27N3O4. The standard InChI is InChI=1S/C18H27N3O4/c1-18(2,3)25-17(23)20(4)13-8-7-11-21(12-13)16(22)14-9-6-10-19-15(14)24-5/h6,9-10,13H,7-8,11-12H2,1-5H3/t13-/m0/s1. The summed E-state index contributed by atoms with van der Waals surface area (Å²) >= 11 is 0. The first-order valence-electron chi connectivity index (χ1n) is 8.47. The smallest absolute Gasteiger partial charge is 0.410 e. The average molecular weight is 349 g/mol. The summed E-state index contributed by atoms with van der Waals surface area (Å²) in [6.07, 6.45) is 2.88. The predicted molar refractivity (Wildman–Crippen MR) is 93.7 cm³/mol. The molecule has 1 fully saturated rings. The quantitative estimate of drug-likeness (QED) is 0.839. The third kappa shape index (κ3) is 4.84. The Labute approximate surface area is 148 Å². The van der Waals surface area contributed by atoms with Gasteiger partial charge in [-0.25, -0.2) is 9.78 Å². The number of carbonyl (C=O) groups is 2. The minimum absolute atomic E-state index is 0.0739. The molecule has 25 heavy (non-hydrogen) atoms. The van der Waals surface area contributed by atoms with Crippen molar-refractivity contribution in [2.75, 3.05) is 27.2 Å². The van der Waals surface area contributed by atoms with E-state index >= 15 is 0 Å². The van der Waals surface area contributed by atoms with Crippen LogP contribution in [-0.4, -0.2) is 65.7 Å². The SMILES string of the molecule is COc1ncccc1C(=O)N1CCC[C@H](N(C)C(=O)OC(C)(C)C)C1. The van der Waals surface area contributed by atoms with Crippen molar-refractivity contribution in [1.82, 2.24) is 14.8 Å². The lowest BCUT2D eigenvalue weighted by Crippen LogP contribution is -2.51. The zero-order chi connectivity index (χ0) is 18.6. The number of likely N-dealkylation sites (tertiary alicyclic amines) is 1. The number of methoxy groups -OCH3 is 1. The van der Waals surface area contributed by atoms with E-state index in [2.05, 4.69) is 4.98 Å². The van der Waals surface area contributed by atoms with Gasteiger partial charge in [-0.15, -0.1) is 0 Å². The number of hydrogen-bond acceptors (Lipinski definition) is 5. The van der Waals surface area contributed by atoms with Crippen LogP contribution in [0.3, 0.4) is 0 Å². The molecular weight excluding hydrogens is 322 g/mol. The topological polar surface area (TPSA) is 72.0 Å². The van der Waals surface area contributed by atoms with Crippen molar-refractivity contribution in [3.8, 4) is 5.88 Å². The summed E-state index contributed by atoms with van der Waals surface area (Å²) in [6, 6.07) is 3.34. The fourth-order valence-corrected chi connectivity index (χ4v) is 2.82. The number of amides is 2. The molecule has 1 saturated heterocycles. The van der Waals surface area contributed by atoms with Crippen LogP contribution in [0.2, 0.25) is 0 Å². The highest BCUT2D eigenvalue weighted by molar-refractivity contribution is 5.96. The largest absolute Gasteiger partial charge is 0.480 e. The molecule has 0 spiro atoms. The molecule has 0 bridgehead atoms. The molecule has 0 N–H and O–H groups in total. The lowest BCUT2D eigenvalue weighted by atomic mass is 10.0. The third-order valence-electron chi connectivity index (χ3n) is 4.11. The fraction of sp³-hybridized carbons (Fsp3) is 0.611. The van der Waals surface area contributed by atoms with Gasteiger partial charge in [0.05, 0.1) is 13.2 Å². The number of ether oxygens (including phenoxy) is 2. The fourth-order valence-electron chi connectivity index (χ4n) is 2.82. The highest BCUT2D eigenvalue weighted by atomic mass is 16.6. The first kappa shape index (κ1) is 19.0. The maximum absolute atomic E-state index is 12.8. The van der Waals surface area contributed by atoms with Gasteiger partial charge in [0.1, 0.15) is 11.2 Å². The summed E-state index contributed by atoms with van der Waals surface area (Å²) in [5, 5.41) is 0. The summed E-state index contributed by atoms with van der Waals surface area (Å²) in [5.74, 6) is 0.183. The molecule has 2 amide bonds. The second kappa shape index (κ2) is 7.72. The van der Waals surface area contributed by atoms with Crippen LogP contribution in [-0.2, 0) is 4.74 Å². The molecule has 1 aromatic heterocycles. The summed E-state index contributed by atoms with van der Waals surface area (Å²) in [7, 11) is 3.21. The van der Waals surface area contributed by atoms with Crippen LogP contribution in [0.5, 0.6) is 5.88 Å². The molecule has 0 saturated carbocycles. The molecule has 0 aromatic carbocycles. The molecule has 2 heterocycles. The maximum atomic E-state index is 12.8. The molecule has 7 heteroatoms. The summed E-state index contributed by atoms with van der Waals surface area (Å²) < 4.78 is 10.6. The Morgan fingerprint density at radius 2 is 2.08 bits per heavy atom. The molecule has 0 radical (unpaired) electrons. The van der Waals surface area contributed by atoms with Gasteiger partial charge >= 0.3 is 6.09 Å². The zero-order valence-electron chi connectivity index (χ0n) is 15.6. The molecule has 1 aromatic rings. The van der Waals surface area contributed by atoms with E-state index in [1.54, 1.807) is 35.2 Å². The van der Waals surface area contributed by atoms with E-state index in [9.17, 15) is 9.59 Å². The second-order valence-corrected chi connectivity index (χ2v) is 7.20. The molecule has 138 valence electrons. The highest BCUT2D eigenvalue weighted by Crippen LogP contribution is 2.22. The average Bonchev–Trinajstić information content (AvgIpc) is 2.59. The number of aromatic nitrogens is 1. The van der Waals surface area contributed by atoms with Crippen molar-refractivity contribution >= 4 is 12.0 Å². The normalized spacial score (nSPS) is 17.8. The highest BCUT2D eigenvalue weighted by Gasteiger charge is 2.32. The molecule has 1 atom stereocenters. The van der Waals surface area contributed by atoms with E-state index < -0.39 is 5.60 Å². The van der Waals surface area contributed by atoms with Gasteiger partial charge in [0, 0.05) is 26.3 Å². The summed E-state index contributed by atoms with van der Waals surface area (Å²) in [4.78, 5) is 32.5. The van der Waals surface area contributed by atoms with Gasteiger partial charge in [-0.2, -0.15) is 0 Å². The number of piperidine rings is 1. The number of carbonyl (C=O) groups excluding carboxylic acids is 2. The lowest BCUT2D eigenvalue weighted by Gasteiger charge is -2.38. The third-order valence-corrected chi connectivity index (χ3v) is 4.11. The van der Waals surface area contributed by atoms with Crippen molar-refractivity contribution in [3.05, 3.63) is 23.9 Å². The van der Waals surface area contributed by atoms with Gasteiger partial charge in [-0.3, -0.25) is 4.79 Å². The van der Waals surface area contributed by atoms with Crippen LogP contribution in [0.15, 0.2) is 18.3 Å². The number of rotatable bonds is 3. The minimum atomic E-state index is -0.543. The zero-order valence-corrected chi connectivity index (χ0v) is 15.6. The summed E-state index contributed by atoms with van der Waals surface area (Å²) in [6.45, 7) is 6.63. The molecule has 1 aliphatic heterocycles. The number of nitrogens with zero attached hydrogens (tertiary/aromatic N) is 3. The van der Waals surface area contributed by atoms with E-state index in [0.29, 0.717) is 24.5 Å². The molecule has 7 nitrogen and oxygen atoms in total. The lowest BCUT2D eigenvalue weighted by molar-refractivity contribution is 0.0131. The first-order chi connectivity index (χ1) is 11.7. The number of pyridine rings is 1.